The van der Waals surface area contributed by atoms with Crippen molar-refractivity contribution in [2.24, 2.45) is 4.99 Å². The summed E-state index contributed by atoms with van der Waals surface area (Å²) in [7, 11) is 0. The van der Waals surface area contributed by atoms with E-state index < -0.39 is 0 Å². The molecule has 0 aliphatic carbocycles. The van der Waals surface area contributed by atoms with Crippen molar-refractivity contribution in [1.82, 2.24) is 4.98 Å². The number of aromatic amines is 1. The number of para-hydroxylation sites is 1. The fraction of sp³-hybridized carbons (Fsp3) is 0. The molecule has 0 unspecified atom stereocenters. The maximum absolute atomic E-state index is 4.55. The van der Waals surface area contributed by atoms with Crippen LogP contribution < -0.4 is 0 Å². The number of hydrogen-bond donors (Lipinski definition) is 1. The van der Waals surface area contributed by atoms with E-state index in [4.69, 9.17) is 0 Å². The molecule has 2 heteroatoms. The van der Waals surface area contributed by atoms with Gasteiger partial charge < -0.3 is 4.98 Å². The summed E-state index contributed by atoms with van der Waals surface area (Å²) in [5.74, 6) is 0. The second kappa shape index (κ2) is 4.91. The highest BCUT2D eigenvalue weighted by Gasteiger charge is 2.03. The van der Waals surface area contributed by atoms with E-state index in [-0.39, 0.29) is 0 Å². The third-order valence-electron chi connectivity index (χ3n) is 3.65. The van der Waals surface area contributed by atoms with Crippen molar-refractivity contribution in [2.75, 3.05) is 0 Å². The van der Waals surface area contributed by atoms with Crippen LogP contribution in [0, 0.1) is 0 Å². The number of rotatable bonds is 2. The largest absolute Gasteiger partial charge is 0.354 e. The van der Waals surface area contributed by atoms with Crippen LogP contribution in [0.25, 0.3) is 21.8 Å². The van der Waals surface area contributed by atoms with Crippen LogP contribution in [-0.2, 0) is 0 Å². The van der Waals surface area contributed by atoms with Gasteiger partial charge in [0.25, 0.3) is 0 Å². The number of aliphatic imine (C=N–C) groups is 1. The predicted molar refractivity (Wildman–Crippen MR) is 89.5 cm³/mol. The Hall–Kier alpha value is -2.87. The minimum atomic E-state index is 0.956. The molecule has 0 amide bonds. The number of hydrogen-bond acceptors (Lipinski definition) is 1. The summed E-state index contributed by atoms with van der Waals surface area (Å²) in [5.41, 5.74) is 4.35. The molecule has 1 aromatic heterocycles. The first-order chi connectivity index (χ1) is 10.4. The molecule has 0 atom stereocenters. The summed E-state index contributed by atoms with van der Waals surface area (Å²) in [5, 5.41) is 2.50. The third kappa shape index (κ3) is 2.21. The first kappa shape index (κ1) is 11.9. The molecule has 4 aromatic rings. The summed E-state index contributed by atoms with van der Waals surface area (Å²) in [6.07, 6.45) is 1.89. The fourth-order valence-corrected chi connectivity index (χ4v) is 2.61. The molecular weight excluding hydrogens is 256 g/mol. The van der Waals surface area contributed by atoms with E-state index in [0.29, 0.717) is 0 Å². The second-order valence-electron chi connectivity index (χ2n) is 5.07. The monoisotopic (exact) mass is 270 g/mol. The normalized spacial score (nSPS) is 11.6. The van der Waals surface area contributed by atoms with Gasteiger partial charge in [-0.25, -0.2) is 0 Å². The summed E-state index contributed by atoms with van der Waals surface area (Å²) in [6.45, 7) is 0. The lowest BCUT2D eigenvalue weighted by molar-refractivity contribution is 1.51. The van der Waals surface area contributed by atoms with E-state index in [2.05, 4.69) is 46.4 Å². The van der Waals surface area contributed by atoms with Crippen LogP contribution in [-0.4, -0.2) is 11.2 Å². The second-order valence-corrected chi connectivity index (χ2v) is 5.07. The highest BCUT2D eigenvalue weighted by Crippen LogP contribution is 2.28. The van der Waals surface area contributed by atoms with Gasteiger partial charge in [-0.05, 0) is 23.8 Å². The van der Waals surface area contributed by atoms with Gasteiger partial charge in [0.05, 0.1) is 5.69 Å². The molecule has 0 bridgehead atoms. The van der Waals surface area contributed by atoms with Gasteiger partial charge in [0.15, 0.2) is 0 Å². The number of nitrogens with zero attached hydrogens (tertiary/aromatic N) is 1. The van der Waals surface area contributed by atoms with Crippen molar-refractivity contribution in [2.45, 2.75) is 0 Å². The number of benzene rings is 3. The van der Waals surface area contributed by atoms with E-state index in [1.165, 1.54) is 10.8 Å². The van der Waals surface area contributed by atoms with Crippen LogP contribution in [0.3, 0.4) is 0 Å². The number of H-pyrrole nitrogens is 1. The van der Waals surface area contributed by atoms with E-state index in [0.717, 1.165) is 22.3 Å². The number of aromatic nitrogens is 1. The molecule has 0 radical (unpaired) electrons. The molecule has 0 spiro atoms. The number of nitrogens with one attached hydrogen (secondary N) is 1. The standard InChI is InChI=1S/C19H14N2/c1-2-6-14(7-3-1)13-20-15-10-11-17-16-8-4-5-9-18(16)21-19(17)12-15/h1-13,21H. The quantitative estimate of drug-likeness (QED) is 0.492. The van der Waals surface area contributed by atoms with E-state index in [9.17, 15) is 0 Å². The van der Waals surface area contributed by atoms with Crippen LogP contribution in [0.2, 0.25) is 0 Å². The molecule has 21 heavy (non-hydrogen) atoms. The van der Waals surface area contributed by atoms with Crippen LogP contribution in [0.1, 0.15) is 5.56 Å². The lowest BCUT2D eigenvalue weighted by Crippen LogP contribution is -1.78. The van der Waals surface area contributed by atoms with Crippen LogP contribution in [0.5, 0.6) is 0 Å². The average Bonchev–Trinajstić information content (AvgIpc) is 2.91. The van der Waals surface area contributed by atoms with Crippen molar-refractivity contribution in [3.05, 3.63) is 78.4 Å². The molecule has 0 saturated heterocycles. The zero-order valence-electron chi connectivity index (χ0n) is 11.5. The van der Waals surface area contributed by atoms with Crippen molar-refractivity contribution in [1.29, 1.82) is 0 Å². The molecule has 0 fully saturated rings. The Balaban J connectivity index is 1.77. The first-order valence-electron chi connectivity index (χ1n) is 7.00. The molecule has 0 aliphatic rings. The summed E-state index contributed by atoms with van der Waals surface area (Å²) in [6, 6.07) is 24.8. The van der Waals surface area contributed by atoms with Crippen LogP contribution in [0.15, 0.2) is 77.8 Å². The molecule has 2 nitrogen and oxygen atoms in total. The molecule has 0 saturated carbocycles. The van der Waals surface area contributed by atoms with Crippen molar-refractivity contribution < 1.29 is 0 Å². The molecule has 4 rings (SSSR count). The lowest BCUT2D eigenvalue weighted by atomic mass is 10.1. The minimum Gasteiger partial charge on any atom is -0.354 e. The van der Waals surface area contributed by atoms with E-state index in [1.807, 2.05) is 42.6 Å². The lowest BCUT2D eigenvalue weighted by Gasteiger charge is -1.95. The van der Waals surface area contributed by atoms with Crippen molar-refractivity contribution in [3.63, 3.8) is 0 Å². The SMILES string of the molecule is C(=Nc1ccc2c(c1)[nH]c1ccccc12)c1ccccc1. The van der Waals surface area contributed by atoms with Gasteiger partial charge in [0.2, 0.25) is 0 Å². The summed E-state index contributed by atoms with van der Waals surface area (Å²) >= 11 is 0. The van der Waals surface area contributed by atoms with Gasteiger partial charge in [-0.3, -0.25) is 4.99 Å². The molecular formula is C19H14N2. The summed E-state index contributed by atoms with van der Waals surface area (Å²) < 4.78 is 0. The van der Waals surface area contributed by atoms with E-state index in [1.54, 1.807) is 0 Å². The van der Waals surface area contributed by atoms with Crippen LogP contribution in [0.4, 0.5) is 5.69 Å². The third-order valence-corrected chi connectivity index (χ3v) is 3.65. The molecule has 0 aliphatic heterocycles. The van der Waals surface area contributed by atoms with E-state index >= 15 is 0 Å². The number of fused-ring (bicyclic) bond motifs is 3. The van der Waals surface area contributed by atoms with Gasteiger partial charge in [-0.1, -0.05) is 54.6 Å². The molecule has 1 N–H and O–H groups in total. The maximum Gasteiger partial charge on any atom is 0.0650 e. The van der Waals surface area contributed by atoms with Gasteiger partial charge >= 0.3 is 0 Å². The highest BCUT2D eigenvalue weighted by atomic mass is 14.7. The van der Waals surface area contributed by atoms with Crippen molar-refractivity contribution in [3.8, 4) is 0 Å². The first-order valence-corrected chi connectivity index (χ1v) is 7.00. The molecule has 3 aromatic carbocycles. The average molecular weight is 270 g/mol. The zero-order chi connectivity index (χ0) is 14.1. The topological polar surface area (TPSA) is 28.1 Å². The van der Waals surface area contributed by atoms with Crippen LogP contribution >= 0.6 is 0 Å². The van der Waals surface area contributed by atoms with Gasteiger partial charge in [0.1, 0.15) is 0 Å². The Labute approximate surface area is 122 Å². The minimum absolute atomic E-state index is 0.956. The Morgan fingerprint density at radius 3 is 2.38 bits per heavy atom. The predicted octanol–water partition coefficient (Wildman–Crippen LogP) is 5.07. The highest BCUT2D eigenvalue weighted by molar-refractivity contribution is 6.07. The Morgan fingerprint density at radius 1 is 0.714 bits per heavy atom. The maximum atomic E-state index is 4.55. The fourth-order valence-electron chi connectivity index (χ4n) is 2.61. The zero-order valence-corrected chi connectivity index (χ0v) is 11.5. The smallest absolute Gasteiger partial charge is 0.0650 e. The Morgan fingerprint density at radius 2 is 1.48 bits per heavy atom. The Bertz CT molecular complexity index is 934. The van der Waals surface area contributed by atoms with Crippen molar-refractivity contribution >= 4 is 33.7 Å². The van der Waals surface area contributed by atoms with Gasteiger partial charge in [0, 0.05) is 28.0 Å². The summed E-state index contributed by atoms with van der Waals surface area (Å²) in [4.78, 5) is 7.99. The molecule has 100 valence electrons. The Kier molecular flexibility index (Phi) is 2.79. The van der Waals surface area contributed by atoms with Gasteiger partial charge in [-0.2, -0.15) is 0 Å². The van der Waals surface area contributed by atoms with Gasteiger partial charge in [-0.15, -0.1) is 0 Å². The molecule has 1 heterocycles.